The standard InChI is InChI=1S/C14H16N2O6/c1-8-9(7-22-11(8)18)16-6-10(17)14(12(16)19)2-4-15(5-3-14)13(20)21/h2-7H2,1H3,(H,20,21). The predicted octanol–water partition coefficient (Wildman–Crippen LogP) is -0.0113. The summed E-state index contributed by atoms with van der Waals surface area (Å²) in [5.41, 5.74) is -0.354. The lowest BCUT2D eigenvalue weighted by Crippen LogP contribution is -2.48. The largest absolute Gasteiger partial charge is 0.465 e. The number of ether oxygens (including phenoxy) is 1. The molecular formula is C14H16N2O6. The van der Waals surface area contributed by atoms with Crippen LogP contribution in [0, 0.1) is 5.41 Å². The number of hydrogen-bond acceptors (Lipinski definition) is 5. The summed E-state index contributed by atoms with van der Waals surface area (Å²) in [4.78, 5) is 50.1. The number of piperidine rings is 1. The van der Waals surface area contributed by atoms with Gasteiger partial charge in [0.1, 0.15) is 12.0 Å². The summed E-state index contributed by atoms with van der Waals surface area (Å²) < 4.78 is 4.89. The van der Waals surface area contributed by atoms with Crippen molar-refractivity contribution in [3.63, 3.8) is 0 Å². The van der Waals surface area contributed by atoms with Crippen molar-refractivity contribution in [1.29, 1.82) is 0 Å². The highest BCUT2D eigenvalue weighted by molar-refractivity contribution is 6.14. The number of amides is 2. The third-order valence-corrected chi connectivity index (χ3v) is 4.78. The summed E-state index contributed by atoms with van der Waals surface area (Å²) in [6.07, 6.45) is -0.665. The molecule has 0 radical (unpaired) electrons. The van der Waals surface area contributed by atoms with Crippen molar-refractivity contribution in [3.8, 4) is 0 Å². The highest BCUT2D eigenvalue weighted by Gasteiger charge is 2.56. The molecule has 0 aromatic rings. The number of ketones is 1. The van der Waals surface area contributed by atoms with Gasteiger partial charge in [0.15, 0.2) is 5.78 Å². The van der Waals surface area contributed by atoms with Gasteiger partial charge in [0.05, 0.1) is 17.8 Å². The van der Waals surface area contributed by atoms with Gasteiger partial charge in [-0.25, -0.2) is 9.59 Å². The van der Waals surface area contributed by atoms with Crippen LogP contribution in [0.4, 0.5) is 4.79 Å². The molecule has 1 spiro atoms. The van der Waals surface area contributed by atoms with Crippen LogP contribution in [-0.4, -0.2) is 64.9 Å². The molecule has 3 aliphatic heterocycles. The minimum absolute atomic E-state index is 0.00101. The van der Waals surface area contributed by atoms with Crippen molar-refractivity contribution in [2.75, 3.05) is 26.2 Å². The van der Waals surface area contributed by atoms with E-state index in [1.807, 2.05) is 0 Å². The van der Waals surface area contributed by atoms with Crippen molar-refractivity contribution in [2.24, 2.45) is 5.41 Å². The smallest absolute Gasteiger partial charge is 0.407 e. The summed E-state index contributed by atoms with van der Waals surface area (Å²) in [6.45, 7) is 1.82. The monoisotopic (exact) mass is 308 g/mol. The molecule has 0 bridgehead atoms. The third-order valence-electron chi connectivity index (χ3n) is 4.78. The first kappa shape index (κ1) is 14.6. The van der Waals surface area contributed by atoms with E-state index in [1.54, 1.807) is 6.92 Å². The molecule has 0 aromatic carbocycles. The lowest BCUT2D eigenvalue weighted by Gasteiger charge is -2.35. The van der Waals surface area contributed by atoms with Gasteiger partial charge in [-0.3, -0.25) is 9.59 Å². The lowest BCUT2D eigenvalue weighted by atomic mass is 9.76. The Kier molecular flexibility index (Phi) is 3.19. The van der Waals surface area contributed by atoms with Crippen LogP contribution < -0.4 is 0 Å². The minimum atomic E-state index is -1.15. The van der Waals surface area contributed by atoms with Gasteiger partial charge in [-0.05, 0) is 19.8 Å². The van der Waals surface area contributed by atoms with E-state index >= 15 is 0 Å². The number of esters is 1. The van der Waals surface area contributed by atoms with Crippen LogP contribution in [0.25, 0.3) is 0 Å². The number of nitrogens with zero attached hydrogens (tertiary/aromatic N) is 2. The molecule has 3 aliphatic rings. The summed E-state index contributed by atoms with van der Waals surface area (Å²) in [7, 11) is 0. The Morgan fingerprint density at radius 2 is 1.86 bits per heavy atom. The Labute approximate surface area is 126 Å². The van der Waals surface area contributed by atoms with Crippen LogP contribution >= 0.6 is 0 Å². The number of rotatable bonds is 1. The average molecular weight is 308 g/mol. The van der Waals surface area contributed by atoms with E-state index in [0.29, 0.717) is 11.3 Å². The van der Waals surface area contributed by atoms with Gasteiger partial charge in [0.2, 0.25) is 5.91 Å². The summed E-state index contributed by atoms with van der Waals surface area (Å²) >= 11 is 0. The Bertz CT molecular complexity index is 615. The number of carboxylic acid groups (broad SMARTS) is 1. The van der Waals surface area contributed by atoms with E-state index in [1.165, 1.54) is 9.80 Å². The molecule has 118 valence electrons. The number of hydrogen-bond donors (Lipinski definition) is 1. The van der Waals surface area contributed by atoms with Crippen LogP contribution in [0.5, 0.6) is 0 Å². The van der Waals surface area contributed by atoms with E-state index in [4.69, 9.17) is 9.84 Å². The zero-order valence-electron chi connectivity index (χ0n) is 12.1. The first-order valence-electron chi connectivity index (χ1n) is 7.07. The summed E-state index contributed by atoms with van der Waals surface area (Å²) in [5.74, 6) is -1.02. The van der Waals surface area contributed by atoms with Crippen molar-refractivity contribution in [3.05, 3.63) is 11.3 Å². The minimum Gasteiger partial charge on any atom is -0.465 e. The molecule has 3 rings (SSSR count). The summed E-state index contributed by atoms with van der Waals surface area (Å²) in [5, 5.41) is 8.97. The van der Waals surface area contributed by atoms with Gasteiger partial charge in [-0.2, -0.15) is 0 Å². The molecule has 3 heterocycles. The van der Waals surface area contributed by atoms with Crippen LogP contribution in [0.2, 0.25) is 0 Å². The fraction of sp³-hybridized carbons (Fsp3) is 0.571. The normalized spacial score (nSPS) is 24.5. The quantitative estimate of drug-likeness (QED) is 0.539. The second-order valence-electron chi connectivity index (χ2n) is 5.81. The summed E-state index contributed by atoms with van der Waals surface area (Å²) in [6, 6.07) is 0. The molecular weight excluding hydrogens is 292 g/mol. The highest BCUT2D eigenvalue weighted by Crippen LogP contribution is 2.41. The predicted molar refractivity (Wildman–Crippen MR) is 71.6 cm³/mol. The van der Waals surface area contributed by atoms with Crippen LogP contribution in [0.1, 0.15) is 19.8 Å². The maximum atomic E-state index is 12.7. The fourth-order valence-corrected chi connectivity index (χ4v) is 3.28. The second kappa shape index (κ2) is 4.82. The lowest BCUT2D eigenvalue weighted by molar-refractivity contribution is -0.142. The van der Waals surface area contributed by atoms with E-state index < -0.39 is 17.5 Å². The highest BCUT2D eigenvalue weighted by atomic mass is 16.5. The molecule has 1 N–H and O–H groups in total. The molecule has 0 aromatic heterocycles. The number of cyclic esters (lactones) is 1. The molecule has 2 fully saturated rings. The van der Waals surface area contributed by atoms with E-state index in [2.05, 4.69) is 0 Å². The van der Waals surface area contributed by atoms with Gasteiger partial charge < -0.3 is 19.6 Å². The SMILES string of the molecule is CC1=C(N2CC(=O)C3(CCN(C(=O)O)CC3)C2=O)COC1=O. The van der Waals surface area contributed by atoms with Crippen LogP contribution in [0.3, 0.4) is 0 Å². The zero-order chi connectivity index (χ0) is 16.1. The number of carbonyl (C=O) groups is 4. The first-order valence-corrected chi connectivity index (χ1v) is 7.07. The molecule has 2 saturated heterocycles. The van der Waals surface area contributed by atoms with E-state index in [9.17, 15) is 19.2 Å². The van der Waals surface area contributed by atoms with Crippen molar-refractivity contribution < 1.29 is 29.0 Å². The fourth-order valence-electron chi connectivity index (χ4n) is 3.28. The van der Waals surface area contributed by atoms with E-state index in [-0.39, 0.29) is 50.8 Å². The molecule has 8 heteroatoms. The second-order valence-corrected chi connectivity index (χ2v) is 5.81. The van der Waals surface area contributed by atoms with Crippen LogP contribution in [0.15, 0.2) is 11.3 Å². The van der Waals surface area contributed by atoms with Gasteiger partial charge in [0.25, 0.3) is 0 Å². The number of carbonyl (C=O) groups excluding carboxylic acids is 3. The maximum absolute atomic E-state index is 12.7. The maximum Gasteiger partial charge on any atom is 0.407 e. The Balaban J connectivity index is 1.84. The Morgan fingerprint density at radius 1 is 1.23 bits per heavy atom. The number of Topliss-reactive ketones (excluding diaryl/α,β-unsaturated/α-hetero) is 1. The first-order chi connectivity index (χ1) is 10.4. The molecule has 22 heavy (non-hydrogen) atoms. The molecule has 2 amide bonds. The van der Waals surface area contributed by atoms with Gasteiger partial charge in [-0.15, -0.1) is 0 Å². The molecule has 8 nitrogen and oxygen atoms in total. The molecule has 0 unspecified atom stereocenters. The molecule has 0 atom stereocenters. The van der Waals surface area contributed by atoms with E-state index in [0.717, 1.165) is 0 Å². The molecule has 0 saturated carbocycles. The Hall–Kier alpha value is -2.38. The topological polar surface area (TPSA) is 104 Å². The van der Waals surface area contributed by atoms with Gasteiger partial charge in [-0.1, -0.05) is 0 Å². The Morgan fingerprint density at radius 3 is 2.36 bits per heavy atom. The molecule has 0 aliphatic carbocycles. The van der Waals surface area contributed by atoms with Crippen molar-refractivity contribution in [1.82, 2.24) is 9.80 Å². The van der Waals surface area contributed by atoms with Gasteiger partial charge >= 0.3 is 12.1 Å². The van der Waals surface area contributed by atoms with Crippen molar-refractivity contribution >= 4 is 23.8 Å². The van der Waals surface area contributed by atoms with Crippen LogP contribution in [-0.2, 0) is 19.1 Å². The zero-order valence-corrected chi connectivity index (χ0v) is 12.1. The average Bonchev–Trinajstić information content (AvgIpc) is 2.93. The third kappa shape index (κ3) is 1.90. The number of likely N-dealkylation sites (tertiary alicyclic amines) is 2. The van der Waals surface area contributed by atoms with Gasteiger partial charge in [0, 0.05) is 13.1 Å². The van der Waals surface area contributed by atoms with Crippen molar-refractivity contribution in [2.45, 2.75) is 19.8 Å².